The van der Waals surface area contributed by atoms with Crippen molar-refractivity contribution in [1.29, 1.82) is 0 Å². The summed E-state index contributed by atoms with van der Waals surface area (Å²) in [7, 11) is 0. The lowest BCUT2D eigenvalue weighted by atomic mass is 10.1. The van der Waals surface area contributed by atoms with E-state index in [1.54, 1.807) is 6.07 Å². The Hall–Kier alpha value is -1.47. The Bertz CT molecular complexity index is 506. The summed E-state index contributed by atoms with van der Waals surface area (Å²) in [6.45, 7) is 0.323. The summed E-state index contributed by atoms with van der Waals surface area (Å²) in [5.74, 6) is -0.237. The molecular weight excluding hydrogens is 304 g/mol. The fourth-order valence-electron chi connectivity index (χ4n) is 1.96. The van der Waals surface area contributed by atoms with Gasteiger partial charge in [0, 0.05) is 42.1 Å². The number of aliphatic hydroxyl groups is 1. The summed E-state index contributed by atoms with van der Waals surface area (Å²) in [5, 5.41) is 19.8. The number of nitrogens with zero attached hydrogens (tertiary/aromatic N) is 2. The average Bonchev–Trinajstić information content (AvgIpc) is 2.71. The van der Waals surface area contributed by atoms with E-state index in [1.807, 2.05) is 0 Å². The number of carbonyl (C=O) groups excluding carboxylic acids is 1. The minimum Gasteiger partial charge on any atom is -0.396 e. The third-order valence-electron chi connectivity index (χ3n) is 2.89. The highest BCUT2D eigenvalue weighted by molar-refractivity contribution is 9.10. The molecule has 1 aliphatic heterocycles. The predicted octanol–water partition coefficient (Wildman–Crippen LogP) is 1.70. The lowest BCUT2D eigenvalue weighted by molar-refractivity contribution is -0.384. The van der Waals surface area contributed by atoms with Crippen LogP contribution in [0.3, 0.4) is 0 Å². The van der Waals surface area contributed by atoms with E-state index in [1.165, 1.54) is 17.0 Å². The third-order valence-corrected chi connectivity index (χ3v) is 3.57. The number of nitro groups is 1. The Labute approximate surface area is 111 Å². The second-order valence-corrected chi connectivity index (χ2v) is 5.00. The number of rotatable bonds is 3. The molecule has 1 aromatic carbocycles. The standard InChI is InChI=1S/C11H11BrN2O4/c12-9-2-1-8(14(17)18)4-10(9)13-5-7(6-15)3-11(13)16/h1-2,4,7,15H,3,5-6H2. The van der Waals surface area contributed by atoms with Crippen LogP contribution in [0.2, 0.25) is 0 Å². The van der Waals surface area contributed by atoms with E-state index in [2.05, 4.69) is 15.9 Å². The van der Waals surface area contributed by atoms with Crippen molar-refractivity contribution in [3.05, 3.63) is 32.8 Å². The highest BCUT2D eigenvalue weighted by atomic mass is 79.9. The average molecular weight is 315 g/mol. The lowest BCUT2D eigenvalue weighted by Crippen LogP contribution is -2.25. The predicted molar refractivity (Wildman–Crippen MR) is 68.3 cm³/mol. The molecule has 1 atom stereocenters. The molecule has 6 nitrogen and oxygen atoms in total. The molecule has 0 spiro atoms. The quantitative estimate of drug-likeness (QED) is 0.680. The van der Waals surface area contributed by atoms with Gasteiger partial charge in [0.25, 0.3) is 5.69 Å². The molecule has 2 rings (SSSR count). The zero-order valence-electron chi connectivity index (χ0n) is 9.38. The number of aliphatic hydroxyl groups excluding tert-OH is 1. The maximum Gasteiger partial charge on any atom is 0.271 e. The molecule has 1 unspecified atom stereocenters. The van der Waals surface area contributed by atoms with Gasteiger partial charge in [-0.3, -0.25) is 14.9 Å². The van der Waals surface area contributed by atoms with E-state index in [0.717, 1.165) is 0 Å². The Kier molecular flexibility index (Phi) is 3.63. The molecule has 0 aromatic heterocycles. The number of carbonyl (C=O) groups is 1. The van der Waals surface area contributed by atoms with Crippen LogP contribution in [0, 0.1) is 16.0 Å². The van der Waals surface area contributed by atoms with Gasteiger partial charge in [-0.1, -0.05) is 0 Å². The zero-order valence-corrected chi connectivity index (χ0v) is 11.0. The van der Waals surface area contributed by atoms with Crippen molar-refractivity contribution in [3.8, 4) is 0 Å². The molecule has 7 heteroatoms. The maximum absolute atomic E-state index is 11.8. The van der Waals surface area contributed by atoms with Gasteiger partial charge in [-0.2, -0.15) is 0 Å². The van der Waals surface area contributed by atoms with Crippen LogP contribution < -0.4 is 4.90 Å². The van der Waals surface area contributed by atoms with Crippen LogP contribution in [0.25, 0.3) is 0 Å². The van der Waals surface area contributed by atoms with Crippen molar-refractivity contribution in [2.75, 3.05) is 18.1 Å². The first-order valence-electron chi connectivity index (χ1n) is 5.38. The number of benzene rings is 1. The molecule has 0 aliphatic carbocycles. The summed E-state index contributed by atoms with van der Waals surface area (Å²) >= 11 is 3.28. The van der Waals surface area contributed by atoms with Crippen LogP contribution in [-0.2, 0) is 4.79 Å². The highest BCUT2D eigenvalue weighted by Gasteiger charge is 2.31. The van der Waals surface area contributed by atoms with Crippen molar-refractivity contribution in [3.63, 3.8) is 0 Å². The van der Waals surface area contributed by atoms with Gasteiger partial charge in [-0.15, -0.1) is 0 Å². The van der Waals surface area contributed by atoms with Crippen LogP contribution >= 0.6 is 15.9 Å². The van der Waals surface area contributed by atoms with E-state index in [-0.39, 0.29) is 30.5 Å². The molecule has 1 aromatic rings. The molecule has 1 heterocycles. The van der Waals surface area contributed by atoms with Crippen LogP contribution in [0.5, 0.6) is 0 Å². The fraction of sp³-hybridized carbons (Fsp3) is 0.364. The Morgan fingerprint density at radius 2 is 2.28 bits per heavy atom. The van der Waals surface area contributed by atoms with E-state index < -0.39 is 4.92 Å². The summed E-state index contributed by atoms with van der Waals surface area (Å²) < 4.78 is 0.625. The Morgan fingerprint density at radius 1 is 1.56 bits per heavy atom. The van der Waals surface area contributed by atoms with E-state index >= 15 is 0 Å². The van der Waals surface area contributed by atoms with Crippen LogP contribution in [-0.4, -0.2) is 29.1 Å². The van der Waals surface area contributed by atoms with Gasteiger partial charge in [0.1, 0.15) is 0 Å². The molecule has 0 saturated carbocycles. The van der Waals surface area contributed by atoms with Gasteiger partial charge in [0.15, 0.2) is 0 Å². The van der Waals surface area contributed by atoms with Crippen molar-refractivity contribution in [2.45, 2.75) is 6.42 Å². The summed E-state index contributed by atoms with van der Waals surface area (Å²) in [6.07, 6.45) is 0.269. The second kappa shape index (κ2) is 5.03. The first kappa shape index (κ1) is 13.0. The van der Waals surface area contributed by atoms with E-state index in [9.17, 15) is 14.9 Å². The number of amides is 1. The molecule has 96 valence electrons. The van der Waals surface area contributed by atoms with Crippen LogP contribution in [0.1, 0.15) is 6.42 Å². The molecule has 1 N–H and O–H groups in total. The van der Waals surface area contributed by atoms with E-state index in [4.69, 9.17) is 5.11 Å². The molecule has 1 fully saturated rings. The van der Waals surface area contributed by atoms with Crippen LogP contribution in [0.15, 0.2) is 22.7 Å². The SMILES string of the molecule is O=C1CC(CO)CN1c1cc([N+](=O)[O-])ccc1Br. The number of halogens is 1. The monoisotopic (exact) mass is 314 g/mol. The number of hydrogen-bond acceptors (Lipinski definition) is 4. The summed E-state index contributed by atoms with van der Waals surface area (Å²) in [6, 6.07) is 4.28. The van der Waals surface area contributed by atoms with Crippen LogP contribution in [0.4, 0.5) is 11.4 Å². The molecule has 18 heavy (non-hydrogen) atoms. The number of hydrogen-bond donors (Lipinski definition) is 1. The Morgan fingerprint density at radius 3 is 2.83 bits per heavy atom. The maximum atomic E-state index is 11.8. The van der Waals surface area contributed by atoms with E-state index in [0.29, 0.717) is 16.7 Å². The van der Waals surface area contributed by atoms with Crippen molar-refractivity contribution in [2.24, 2.45) is 5.92 Å². The molecule has 1 amide bonds. The fourth-order valence-corrected chi connectivity index (χ4v) is 2.42. The summed E-state index contributed by atoms with van der Waals surface area (Å²) in [5.41, 5.74) is 0.415. The van der Waals surface area contributed by atoms with Gasteiger partial charge < -0.3 is 10.0 Å². The molecule has 0 radical (unpaired) electrons. The van der Waals surface area contributed by atoms with Crippen molar-refractivity contribution in [1.82, 2.24) is 0 Å². The first-order valence-corrected chi connectivity index (χ1v) is 6.17. The van der Waals surface area contributed by atoms with Gasteiger partial charge in [0.05, 0.1) is 10.6 Å². The molecule has 1 saturated heterocycles. The van der Waals surface area contributed by atoms with Gasteiger partial charge >= 0.3 is 0 Å². The minimum absolute atomic E-state index is 0.0607. The van der Waals surface area contributed by atoms with Gasteiger partial charge in [-0.25, -0.2) is 0 Å². The van der Waals surface area contributed by atoms with Gasteiger partial charge in [0.2, 0.25) is 5.91 Å². The Balaban J connectivity index is 2.35. The van der Waals surface area contributed by atoms with Crippen molar-refractivity contribution >= 4 is 33.2 Å². The number of nitro benzene ring substituents is 1. The van der Waals surface area contributed by atoms with Gasteiger partial charge in [-0.05, 0) is 22.0 Å². The first-order chi connectivity index (χ1) is 8.52. The summed E-state index contributed by atoms with van der Waals surface area (Å²) in [4.78, 5) is 23.5. The number of anilines is 1. The smallest absolute Gasteiger partial charge is 0.271 e. The normalized spacial score (nSPS) is 19.3. The number of non-ortho nitro benzene ring substituents is 1. The third kappa shape index (κ3) is 2.37. The van der Waals surface area contributed by atoms with Crippen molar-refractivity contribution < 1.29 is 14.8 Å². The molecule has 0 bridgehead atoms. The lowest BCUT2D eigenvalue weighted by Gasteiger charge is -2.17. The largest absolute Gasteiger partial charge is 0.396 e. The molecule has 1 aliphatic rings. The highest BCUT2D eigenvalue weighted by Crippen LogP contribution is 2.34. The second-order valence-electron chi connectivity index (χ2n) is 4.15. The topological polar surface area (TPSA) is 83.7 Å². The molecular formula is C11H11BrN2O4. The zero-order chi connectivity index (χ0) is 13.3. The minimum atomic E-state index is -0.500.